The highest BCUT2D eigenvalue weighted by atomic mass is 32.2. The Morgan fingerprint density at radius 2 is 1.46 bits per heavy atom. The molecule has 1 heterocycles. The van der Waals surface area contributed by atoms with Gasteiger partial charge in [-0.15, -0.1) is 0 Å². The Morgan fingerprint density at radius 1 is 0.923 bits per heavy atom. The van der Waals surface area contributed by atoms with Crippen LogP contribution in [0.3, 0.4) is 0 Å². The van der Waals surface area contributed by atoms with Gasteiger partial charge in [-0.2, -0.15) is 4.31 Å². The maximum Gasteiger partial charge on any atom is 0.269 e. The van der Waals surface area contributed by atoms with Crippen molar-refractivity contribution in [1.82, 2.24) is 4.31 Å². The van der Waals surface area contributed by atoms with Gasteiger partial charge in [0.1, 0.15) is 11.6 Å². The number of sulfonamides is 1. The highest BCUT2D eigenvalue weighted by Gasteiger charge is 2.29. The van der Waals surface area contributed by atoms with E-state index in [1.54, 1.807) is 12.1 Å². The Hall–Kier alpha value is -2.59. The van der Waals surface area contributed by atoms with E-state index in [0.717, 1.165) is 17.8 Å². The second-order valence-corrected chi connectivity index (χ2v) is 7.71. The lowest BCUT2D eigenvalue weighted by atomic mass is 10.2. The molecule has 1 saturated heterocycles. The number of nitro groups is 1. The molecule has 0 unspecified atom stereocenters. The SMILES string of the molecule is O=[N+]([O-])c1ccc(N2CCN(S(=O)(=O)c3cc(F)cc(F)c3)CC2)cc1. The molecule has 1 fully saturated rings. The molecule has 3 rings (SSSR count). The molecule has 7 nitrogen and oxygen atoms in total. The lowest BCUT2D eigenvalue weighted by Crippen LogP contribution is -2.48. The molecular weight excluding hydrogens is 368 g/mol. The molecule has 1 aliphatic rings. The number of hydrogen-bond donors (Lipinski definition) is 0. The summed E-state index contributed by atoms with van der Waals surface area (Å²) in [7, 11) is -3.99. The van der Waals surface area contributed by atoms with E-state index in [9.17, 15) is 27.3 Å². The Kier molecular flexibility index (Phi) is 4.88. The average Bonchev–Trinajstić information content (AvgIpc) is 2.61. The molecule has 1 aliphatic heterocycles. The Bertz CT molecular complexity index is 907. The summed E-state index contributed by atoms with van der Waals surface area (Å²) >= 11 is 0. The molecule has 0 bridgehead atoms. The Balaban J connectivity index is 1.72. The number of halogens is 2. The minimum atomic E-state index is -3.99. The zero-order valence-corrected chi connectivity index (χ0v) is 14.3. The van der Waals surface area contributed by atoms with Crippen molar-refractivity contribution >= 4 is 21.4 Å². The molecule has 0 N–H and O–H groups in total. The fraction of sp³-hybridized carbons (Fsp3) is 0.250. The van der Waals surface area contributed by atoms with Crippen LogP contribution in [0.15, 0.2) is 47.4 Å². The lowest BCUT2D eigenvalue weighted by molar-refractivity contribution is -0.384. The van der Waals surface area contributed by atoms with Gasteiger partial charge in [0.05, 0.1) is 9.82 Å². The van der Waals surface area contributed by atoms with E-state index in [1.165, 1.54) is 16.4 Å². The van der Waals surface area contributed by atoms with Crippen molar-refractivity contribution in [2.75, 3.05) is 31.1 Å². The first kappa shape index (κ1) is 18.2. The number of hydrogen-bond acceptors (Lipinski definition) is 5. The number of nitrogens with zero attached hydrogens (tertiary/aromatic N) is 3. The van der Waals surface area contributed by atoms with Crippen LogP contribution in [0.1, 0.15) is 0 Å². The fourth-order valence-electron chi connectivity index (χ4n) is 2.80. The second-order valence-electron chi connectivity index (χ2n) is 5.77. The third kappa shape index (κ3) is 3.65. The lowest BCUT2D eigenvalue weighted by Gasteiger charge is -2.35. The predicted molar refractivity (Wildman–Crippen MR) is 90.4 cm³/mol. The standard InChI is InChI=1S/C16H15F2N3O4S/c17-12-9-13(18)11-16(10-12)26(24,25)20-7-5-19(6-8-20)14-1-3-15(4-2-14)21(22)23/h1-4,9-11H,5-8H2. The molecular formula is C16H15F2N3O4S. The zero-order chi connectivity index (χ0) is 18.9. The average molecular weight is 383 g/mol. The van der Waals surface area contributed by atoms with Gasteiger partial charge >= 0.3 is 0 Å². The van der Waals surface area contributed by atoms with Gasteiger partial charge in [0, 0.05) is 50.1 Å². The van der Waals surface area contributed by atoms with Crippen molar-refractivity contribution in [2.45, 2.75) is 4.90 Å². The molecule has 2 aromatic rings. The van der Waals surface area contributed by atoms with Gasteiger partial charge in [-0.05, 0) is 24.3 Å². The first-order valence-corrected chi connectivity index (χ1v) is 9.17. The van der Waals surface area contributed by atoms with Crippen molar-refractivity contribution in [1.29, 1.82) is 0 Å². The van der Waals surface area contributed by atoms with Gasteiger partial charge in [-0.3, -0.25) is 10.1 Å². The quantitative estimate of drug-likeness (QED) is 0.598. The minimum Gasteiger partial charge on any atom is -0.369 e. The van der Waals surface area contributed by atoms with Crippen molar-refractivity contribution in [3.8, 4) is 0 Å². The molecule has 0 radical (unpaired) electrons. The molecule has 0 atom stereocenters. The summed E-state index contributed by atoms with van der Waals surface area (Å²) in [5.41, 5.74) is 0.715. The molecule has 0 aliphatic carbocycles. The molecule has 10 heteroatoms. The van der Waals surface area contributed by atoms with Crippen LogP contribution in [0.25, 0.3) is 0 Å². The number of anilines is 1. The van der Waals surface area contributed by atoms with Crippen molar-refractivity contribution in [3.63, 3.8) is 0 Å². The van der Waals surface area contributed by atoms with Crippen LogP contribution < -0.4 is 4.90 Å². The van der Waals surface area contributed by atoms with E-state index in [0.29, 0.717) is 19.2 Å². The summed E-state index contributed by atoms with van der Waals surface area (Å²) in [5.74, 6) is -1.90. The third-order valence-electron chi connectivity index (χ3n) is 4.14. The van der Waals surface area contributed by atoms with Crippen LogP contribution >= 0.6 is 0 Å². The molecule has 2 aromatic carbocycles. The highest BCUT2D eigenvalue weighted by Crippen LogP contribution is 2.24. The van der Waals surface area contributed by atoms with Crippen LogP contribution in [-0.4, -0.2) is 43.8 Å². The predicted octanol–water partition coefficient (Wildman–Crippen LogP) is 2.38. The molecule has 26 heavy (non-hydrogen) atoms. The summed E-state index contributed by atoms with van der Waals surface area (Å²) in [6, 6.07) is 8.17. The number of piperazine rings is 1. The summed E-state index contributed by atoms with van der Waals surface area (Å²) in [6.45, 7) is 0.985. The Labute approximate surface area is 148 Å². The Morgan fingerprint density at radius 3 is 1.96 bits per heavy atom. The van der Waals surface area contributed by atoms with Crippen molar-refractivity contribution in [3.05, 3.63) is 64.2 Å². The van der Waals surface area contributed by atoms with Gasteiger partial charge in [0.15, 0.2) is 0 Å². The summed E-state index contributed by atoms with van der Waals surface area (Å²) in [4.78, 5) is 11.7. The normalized spacial score (nSPS) is 15.8. The summed E-state index contributed by atoms with van der Waals surface area (Å²) in [5, 5.41) is 10.7. The second kappa shape index (κ2) is 6.96. The van der Waals surface area contributed by atoms with E-state index in [-0.39, 0.29) is 18.8 Å². The summed E-state index contributed by atoms with van der Waals surface area (Å²) < 4.78 is 52.9. The topological polar surface area (TPSA) is 83.8 Å². The van der Waals surface area contributed by atoms with Gasteiger partial charge in [-0.1, -0.05) is 0 Å². The van der Waals surface area contributed by atoms with Crippen LogP contribution in [0.2, 0.25) is 0 Å². The van der Waals surface area contributed by atoms with E-state index in [2.05, 4.69) is 0 Å². The molecule has 138 valence electrons. The van der Waals surface area contributed by atoms with Gasteiger partial charge in [0.25, 0.3) is 5.69 Å². The van der Waals surface area contributed by atoms with E-state index in [1.807, 2.05) is 4.90 Å². The van der Waals surface area contributed by atoms with Gasteiger partial charge < -0.3 is 4.90 Å². The van der Waals surface area contributed by atoms with Gasteiger partial charge in [-0.25, -0.2) is 17.2 Å². The van der Waals surface area contributed by atoms with Gasteiger partial charge in [0.2, 0.25) is 10.0 Å². The van der Waals surface area contributed by atoms with Crippen molar-refractivity contribution < 1.29 is 22.1 Å². The highest BCUT2D eigenvalue weighted by molar-refractivity contribution is 7.89. The van der Waals surface area contributed by atoms with Crippen molar-refractivity contribution in [2.24, 2.45) is 0 Å². The van der Waals surface area contributed by atoms with Crippen LogP contribution in [-0.2, 0) is 10.0 Å². The molecule has 0 saturated carbocycles. The van der Waals surface area contributed by atoms with Crippen LogP contribution in [0.4, 0.5) is 20.2 Å². The van der Waals surface area contributed by atoms with Crippen LogP contribution in [0.5, 0.6) is 0 Å². The number of rotatable bonds is 4. The maximum absolute atomic E-state index is 13.3. The fourth-order valence-corrected chi connectivity index (χ4v) is 4.26. The largest absolute Gasteiger partial charge is 0.369 e. The van der Waals surface area contributed by atoms with E-state index >= 15 is 0 Å². The minimum absolute atomic E-state index is 0.0249. The smallest absolute Gasteiger partial charge is 0.269 e. The van der Waals surface area contributed by atoms with Crippen LogP contribution in [0, 0.1) is 21.7 Å². The number of benzene rings is 2. The van der Waals surface area contributed by atoms with E-state index < -0.39 is 31.5 Å². The first-order chi connectivity index (χ1) is 12.3. The molecule has 0 aromatic heterocycles. The number of non-ortho nitro benzene ring substituents is 1. The monoisotopic (exact) mass is 383 g/mol. The zero-order valence-electron chi connectivity index (χ0n) is 13.5. The first-order valence-electron chi connectivity index (χ1n) is 7.73. The maximum atomic E-state index is 13.3. The molecule has 0 amide bonds. The molecule has 0 spiro atoms. The van der Waals surface area contributed by atoms with E-state index in [4.69, 9.17) is 0 Å². The summed E-state index contributed by atoms with van der Waals surface area (Å²) in [6.07, 6.45) is 0. The third-order valence-corrected chi connectivity index (χ3v) is 6.01. The number of nitro benzene ring substituents is 1.